The molecule has 2 N–H and O–H groups in total. The van der Waals surface area contributed by atoms with Gasteiger partial charge in [0.2, 0.25) is 5.91 Å². The van der Waals surface area contributed by atoms with E-state index in [0.717, 1.165) is 11.4 Å². The number of amides is 1. The van der Waals surface area contributed by atoms with E-state index < -0.39 is 0 Å². The Balaban J connectivity index is 1.91. The first kappa shape index (κ1) is 17.7. The van der Waals surface area contributed by atoms with Gasteiger partial charge in [0.05, 0.1) is 33.9 Å². The van der Waals surface area contributed by atoms with E-state index in [4.69, 9.17) is 39.5 Å². The number of rotatable bonds is 6. The van der Waals surface area contributed by atoms with Gasteiger partial charge in [-0.3, -0.25) is 4.79 Å². The maximum Gasteiger partial charge on any atom is 0.243 e. The van der Waals surface area contributed by atoms with Crippen molar-refractivity contribution in [2.75, 3.05) is 23.8 Å². The molecule has 0 heterocycles. The molecule has 0 aliphatic heterocycles. The minimum atomic E-state index is -0.251. The smallest absolute Gasteiger partial charge is 0.243 e. The summed E-state index contributed by atoms with van der Waals surface area (Å²) in [7, 11) is 0. The number of benzene rings is 2. The Morgan fingerprint density at radius 1 is 1.04 bits per heavy atom. The summed E-state index contributed by atoms with van der Waals surface area (Å²) in [6.07, 6.45) is 0. The zero-order chi connectivity index (χ0) is 16.8. The van der Waals surface area contributed by atoms with E-state index in [1.54, 1.807) is 0 Å². The third-order valence-corrected chi connectivity index (χ3v) is 3.94. The lowest BCUT2D eigenvalue weighted by molar-refractivity contribution is -0.114. The number of carbonyl (C=O) groups excluding carboxylic acids is 1. The molecule has 0 unspecified atom stereocenters. The average Bonchev–Trinajstić information content (AvgIpc) is 2.52. The molecular weight excluding hydrogens is 359 g/mol. The van der Waals surface area contributed by atoms with Crippen molar-refractivity contribution in [2.45, 2.75) is 6.92 Å². The molecule has 7 heteroatoms. The van der Waals surface area contributed by atoms with Crippen LogP contribution in [0.15, 0.2) is 36.4 Å². The molecule has 0 aliphatic rings. The van der Waals surface area contributed by atoms with E-state index in [0.29, 0.717) is 27.4 Å². The van der Waals surface area contributed by atoms with Gasteiger partial charge in [0.15, 0.2) is 0 Å². The predicted molar refractivity (Wildman–Crippen MR) is 96.2 cm³/mol. The third-order valence-electron chi connectivity index (χ3n) is 2.90. The maximum absolute atomic E-state index is 12.0. The van der Waals surface area contributed by atoms with Gasteiger partial charge in [0.25, 0.3) is 0 Å². The molecule has 2 rings (SSSR count). The quantitative estimate of drug-likeness (QED) is 0.693. The Kier molecular flexibility index (Phi) is 6.39. The molecule has 0 saturated carbocycles. The lowest BCUT2D eigenvalue weighted by Crippen LogP contribution is -2.21. The van der Waals surface area contributed by atoms with Gasteiger partial charge in [-0.25, -0.2) is 0 Å². The first-order valence-corrected chi connectivity index (χ1v) is 8.04. The van der Waals surface area contributed by atoms with Crippen molar-refractivity contribution in [1.29, 1.82) is 0 Å². The minimum absolute atomic E-state index is 0.0879. The first-order valence-electron chi connectivity index (χ1n) is 6.90. The van der Waals surface area contributed by atoms with Crippen LogP contribution in [-0.4, -0.2) is 19.1 Å². The van der Waals surface area contributed by atoms with Crippen LogP contribution in [0, 0.1) is 0 Å². The van der Waals surface area contributed by atoms with E-state index in [1.807, 2.05) is 31.2 Å². The summed E-state index contributed by atoms with van der Waals surface area (Å²) in [5.74, 6) is 0.532. The molecule has 122 valence electrons. The highest BCUT2D eigenvalue weighted by Crippen LogP contribution is 2.32. The van der Waals surface area contributed by atoms with Gasteiger partial charge in [0, 0.05) is 5.69 Å². The summed E-state index contributed by atoms with van der Waals surface area (Å²) in [5.41, 5.74) is 1.23. The van der Waals surface area contributed by atoms with E-state index in [1.165, 1.54) is 12.1 Å². The highest BCUT2D eigenvalue weighted by molar-refractivity contribution is 6.44. The zero-order valence-electron chi connectivity index (χ0n) is 12.3. The largest absolute Gasteiger partial charge is 0.494 e. The minimum Gasteiger partial charge on any atom is -0.494 e. The van der Waals surface area contributed by atoms with Gasteiger partial charge < -0.3 is 15.4 Å². The molecule has 2 aromatic carbocycles. The van der Waals surface area contributed by atoms with E-state index in [2.05, 4.69) is 10.6 Å². The number of hydrogen-bond donors (Lipinski definition) is 2. The first-order chi connectivity index (χ1) is 11.0. The molecule has 0 aromatic heterocycles. The zero-order valence-corrected chi connectivity index (χ0v) is 14.6. The number of anilines is 2. The van der Waals surface area contributed by atoms with Gasteiger partial charge in [-0.2, -0.15) is 0 Å². The Labute approximate surface area is 149 Å². The molecule has 0 aliphatic carbocycles. The molecule has 2 aromatic rings. The van der Waals surface area contributed by atoms with Gasteiger partial charge in [-0.15, -0.1) is 0 Å². The highest BCUT2D eigenvalue weighted by atomic mass is 35.5. The van der Waals surface area contributed by atoms with Crippen LogP contribution in [0.1, 0.15) is 6.92 Å². The molecular formula is C16H15Cl3N2O2. The van der Waals surface area contributed by atoms with Gasteiger partial charge in [-0.1, -0.05) is 34.8 Å². The van der Waals surface area contributed by atoms with Crippen molar-refractivity contribution in [3.8, 4) is 5.75 Å². The fourth-order valence-corrected chi connectivity index (χ4v) is 2.42. The summed E-state index contributed by atoms with van der Waals surface area (Å²) in [6, 6.07) is 10.3. The summed E-state index contributed by atoms with van der Waals surface area (Å²) in [5, 5.41) is 6.68. The predicted octanol–water partition coefficient (Wildman–Crippen LogP) is 5.10. The third kappa shape index (κ3) is 5.20. The van der Waals surface area contributed by atoms with Crippen molar-refractivity contribution < 1.29 is 9.53 Å². The number of halogens is 3. The normalized spacial score (nSPS) is 10.3. The van der Waals surface area contributed by atoms with Crippen LogP contribution in [0.3, 0.4) is 0 Å². The average molecular weight is 374 g/mol. The van der Waals surface area contributed by atoms with Crippen LogP contribution in [0.4, 0.5) is 11.4 Å². The summed E-state index contributed by atoms with van der Waals surface area (Å²) < 4.78 is 5.35. The molecule has 0 radical (unpaired) electrons. The second-order valence-electron chi connectivity index (χ2n) is 4.61. The number of nitrogens with one attached hydrogen (secondary N) is 2. The van der Waals surface area contributed by atoms with Crippen LogP contribution in [0.2, 0.25) is 15.1 Å². The van der Waals surface area contributed by atoms with Crippen molar-refractivity contribution in [3.63, 3.8) is 0 Å². The lowest BCUT2D eigenvalue weighted by Gasteiger charge is -2.10. The van der Waals surface area contributed by atoms with Crippen LogP contribution in [0.5, 0.6) is 5.75 Å². The fourth-order valence-electron chi connectivity index (χ4n) is 1.83. The van der Waals surface area contributed by atoms with Crippen LogP contribution >= 0.6 is 34.8 Å². The van der Waals surface area contributed by atoms with Gasteiger partial charge >= 0.3 is 0 Å². The van der Waals surface area contributed by atoms with E-state index in [-0.39, 0.29) is 12.5 Å². The number of carbonyl (C=O) groups is 1. The summed E-state index contributed by atoms with van der Waals surface area (Å²) in [4.78, 5) is 12.0. The van der Waals surface area contributed by atoms with Gasteiger partial charge in [-0.05, 0) is 43.3 Å². The second-order valence-corrected chi connectivity index (χ2v) is 5.83. The summed E-state index contributed by atoms with van der Waals surface area (Å²) in [6.45, 7) is 2.62. The van der Waals surface area contributed by atoms with Crippen molar-refractivity contribution in [2.24, 2.45) is 0 Å². The van der Waals surface area contributed by atoms with Crippen LogP contribution in [-0.2, 0) is 4.79 Å². The molecule has 0 fully saturated rings. The lowest BCUT2D eigenvalue weighted by atomic mass is 10.3. The Hall–Kier alpha value is -1.62. The molecule has 0 bridgehead atoms. The van der Waals surface area contributed by atoms with Crippen LogP contribution < -0.4 is 15.4 Å². The van der Waals surface area contributed by atoms with E-state index in [9.17, 15) is 4.79 Å². The Morgan fingerprint density at radius 2 is 1.70 bits per heavy atom. The molecule has 1 amide bonds. The number of ether oxygens (including phenoxy) is 1. The standard InChI is InChI=1S/C16H15Cl3N2O2/c1-2-23-11-5-3-10(4-6-11)20-9-16(22)21-15-8-13(18)12(17)7-14(15)19/h3-8,20H,2,9H2,1H3,(H,21,22). The highest BCUT2D eigenvalue weighted by Gasteiger charge is 2.09. The fraction of sp³-hybridized carbons (Fsp3) is 0.188. The number of hydrogen-bond acceptors (Lipinski definition) is 3. The van der Waals surface area contributed by atoms with Crippen molar-refractivity contribution in [1.82, 2.24) is 0 Å². The van der Waals surface area contributed by atoms with E-state index >= 15 is 0 Å². The molecule has 4 nitrogen and oxygen atoms in total. The maximum atomic E-state index is 12.0. The molecule has 0 saturated heterocycles. The molecule has 0 atom stereocenters. The Morgan fingerprint density at radius 3 is 2.35 bits per heavy atom. The topological polar surface area (TPSA) is 50.4 Å². The Bertz CT molecular complexity index is 690. The molecule has 23 heavy (non-hydrogen) atoms. The van der Waals surface area contributed by atoms with Gasteiger partial charge in [0.1, 0.15) is 5.75 Å². The SMILES string of the molecule is CCOc1ccc(NCC(=O)Nc2cc(Cl)c(Cl)cc2Cl)cc1. The van der Waals surface area contributed by atoms with Crippen LogP contribution in [0.25, 0.3) is 0 Å². The summed E-state index contributed by atoms with van der Waals surface area (Å²) >= 11 is 17.8. The van der Waals surface area contributed by atoms with Crippen molar-refractivity contribution in [3.05, 3.63) is 51.5 Å². The van der Waals surface area contributed by atoms with Crippen molar-refractivity contribution >= 4 is 52.1 Å². The monoisotopic (exact) mass is 372 g/mol. The molecule has 0 spiro atoms. The second kappa shape index (κ2) is 8.29.